The van der Waals surface area contributed by atoms with E-state index >= 15 is 0 Å². The van der Waals surface area contributed by atoms with E-state index in [1.54, 1.807) is 36.4 Å². The molecule has 28 heavy (non-hydrogen) atoms. The second-order valence-corrected chi connectivity index (χ2v) is 6.10. The molecule has 0 spiro atoms. The Balaban J connectivity index is 1.87. The summed E-state index contributed by atoms with van der Waals surface area (Å²) in [5.41, 5.74) is 0.989. The van der Waals surface area contributed by atoms with E-state index in [2.05, 4.69) is 11.9 Å². The maximum Gasteiger partial charge on any atom is 0.331 e. The van der Waals surface area contributed by atoms with Crippen molar-refractivity contribution in [2.45, 2.75) is 13.0 Å². The molecule has 0 saturated carbocycles. The number of rotatable bonds is 8. The van der Waals surface area contributed by atoms with Crippen LogP contribution in [0.3, 0.4) is 0 Å². The standard InChI is InChI=1S/C21H19ClFNO4/c1-3-12-27-17-8-4-15(5-9-17)6-11-20(25)28-14(2)21(26)24-19-10-7-16(23)13-18(19)22/h3-11,13-14H,1,12H2,2H3,(H,24,26)/b11-6+/t14-/m1/s1. The molecule has 1 N–H and O–H groups in total. The average molecular weight is 404 g/mol. The predicted octanol–water partition coefficient (Wildman–Crippen LogP) is 4.63. The van der Waals surface area contributed by atoms with Gasteiger partial charge in [0.25, 0.3) is 5.91 Å². The van der Waals surface area contributed by atoms with Crippen LogP contribution in [-0.4, -0.2) is 24.6 Å². The second kappa shape index (κ2) is 10.3. The molecular weight excluding hydrogens is 385 g/mol. The molecule has 0 aromatic heterocycles. The number of hydrogen-bond donors (Lipinski definition) is 1. The van der Waals surface area contributed by atoms with Crippen LogP contribution in [0, 0.1) is 5.82 Å². The third-order valence-corrected chi connectivity index (χ3v) is 3.82. The number of esters is 1. The van der Waals surface area contributed by atoms with Crippen LogP contribution in [0.4, 0.5) is 10.1 Å². The van der Waals surface area contributed by atoms with Crippen molar-refractivity contribution in [3.05, 3.63) is 77.6 Å². The van der Waals surface area contributed by atoms with Crippen molar-refractivity contribution in [3.8, 4) is 5.75 Å². The zero-order chi connectivity index (χ0) is 20.5. The molecule has 0 unspecified atom stereocenters. The van der Waals surface area contributed by atoms with Gasteiger partial charge in [0.1, 0.15) is 18.2 Å². The van der Waals surface area contributed by atoms with Gasteiger partial charge < -0.3 is 14.8 Å². The molecule has 0 aliphatic carbocycles. The number of benzene rings is 2. The molecule has 1 atom stereocenters. The molecule has 0 aliphatic heterocycles. The predicted molar refractivity (Wildman–Crippen MR) is 107 cm³/mol. The van der Waals surface area contributed by atoms with Crippen LogP contribution in [0.2, 0.25) is 5.02 Å². The molecule has 5 nitrogen and oxygen atoms in total. The van der Waals surface area contributed by atoms with Crippen molar-refractivity contribution in [2.24, 2.45) is 0 Å². The highest BCUT2D eigenvalue weighted by Crippen LogP contribution is 2.22. The van der Waals surface area contributed by atoms with Crippen LogP contribution in [0.15, 0.2) is 61.2 Å². The Bertz CT molecular complexity index is 880. The lowest BCUT2D eigenvalue weighted by Crippen LogP contribution is -2.29. The zero-order valence-electron chi connectivity index (χ0n) is 15.2. The highest BCUT2D eigenvalue weighted by Gasteiger charge is 2.17. The summed E-state index contributed by atoms with van der Waals surface area (Å²) in [6.07, 6.45) is 3.36. The van der Waals surface area contributed by atoms with Crippen LogP contribution in [-0.2, 0) is 14.3 Å². The molecular formula is C21H19ClFNO4. The Kier molecular flexibility index (Phi) is 7.77. The number of carbonyl (C=O) groups excluding carboxylic acids is 2. The van der Waals surface area contributed by atoms with E-state index in [1.807, 2.05) is 0 Å². The molecule has 2 rings (SSSR count). The molecule has 2 aromatic rings. The van der Waals surface area contributed by atoms with Crippen LogP contribution in [0.25, 0.3) is 6.08 Å². The van der Waals surface area contributed by atoms with Crippen LogP contribution < -0.4 is 10.1 Å². The molecule has 146 valence electrons. The molecule has 0 saturated heterocycles. The van der Waals surface area contributed by atoms with Gasteiger partial charge in [-0.2, -0.15) is 0 Å². The molecule has 2 aromatic carbocycles. The molecule has 0 radical (unpaired) electrons. The molecule has 1 amide bonds. The second-order valence-electron chi connectivity index (χ2n) is 5.69. The maximum absolute atomic E-state index is 13.0. The summed E-state index contributed by atoms with van der Waals surface area (Å²) in [6, 6.07) is 10.6. The normalized spacial score (nSPS) is 11.7. The molecule has 7 heteroatoms. The minimum atomic E-state index is -1.06. The zero-order valence-corrected chi connectivity index (χ0v) is 15.9. The van der Waals surface area contributed by atoms with E-state index in [4.69, 9.17) is 21.1 Å². The lowest BCUT2D eigenvalue weighted by molar-refractivity contribution is -0.148. The van der Waals surface area contributed by atoms with Crippen molar-refractivity contribution >= 4 is 35.2 Å². The Labute approximate surface area is 167 Å². The van der Waals surface area contributed by atoms with E-state index in [-0.39, 0.29) is 10.7 Å². The summed E-state index contributed by atoms with van der Waals surface area (Å²) in [4.78, 5) is 24.0. The third-order valence-electron chi connectivity index (χ3n) is 3.51. The number of halogens is 2. The summed E-state index contributed by atoms with van der Waals surface area (Å²) in [6.45, 7) is 5.40. The monoisotopic (exact) mass is 403 g/mol. The number of anilines is 1. The summed E-state index contributed by atoms with van der Waals surface area (Å²) in [5.74, 6) is -1.10. The Morgan fingerprint density at radius 1 is 1.25 bits per heavy atom. The SMILES string of the molecule is C=CCOc1ccc(/C=C/C(=O)O[C@H](C)C(=O)Nc2ccc(F)cc2Cl)cc1. The van der Waals surface area contributed by atoms with Gasteiger partial charge in [-0.3, -0.25) is 4.79 Å². The van der Waals surface area contributed by atoms with Crippen molar-refractivity contribution < 1.29 is 23.5 Å². The first-order valence-corrected chi connectivity index (χ1v) is 8.75. The Morgan fingerprint density at radius 2 is 1.96 bits per heavy atom. The smallest absolute Gasteiger partial charge is 0.331 e. The molecule has 0 bridgehead atoms. The number of amides is 1. The van der Waals surface area contributed by atoms with E-state index in [9.17, 15) is 14.0 Å². The number of carbonyl (C=O) groups is 2. The quantitative estimate of drug-likeness (QED) is 0.396. The van der Waals surface area contributed by atoms with Crippen LogP contribution in [0.1, 0.15) is 12.5 Å². The fourth-order valence-electron chi connectivity index (χ4n) is 2.09. The first-order valence-electron chi connectivity index (χ1n) is 8.37. The van der Waals surface area contributed by atoms with Gasteiger partial charge >= 0.3 is 5.97 Å². The highest BCUT2D eigenvalue weighted by atomic mass is 35.5. The lowest BCUT2D eigenvalue weighted by Gasteiger charge is -2.13. The van der Waals surface area contributed by atoms with Crippen molar-refractivity contribution in [3.63, 3.8) is 0 Å². The van der Waals surface area contributed by atoms with Gasteiger partial charge in [-0.15, -0.1) is 0 Å². The van der Waals surface area contributed by atoms with Crippen molar-refractivity contribution in [2.75, 3.05) is 11.9 Å². The minimum Gasteiger partial charge on any atom is -0.490 e. The van der Waals surface area contributed by atoms with Gasteiger partial charge in [0.05, 0.1) is 10.7 Å². The lowest BCUT2D eigenvalue weighted by atomic mass is 10.2. The largest absolute Gasteiger partial charge is 0.490 e. The van der Waals surface area contributed by atoms with Gasteiger partial charge in [0, 0.05) is 6.08 Å². The van der Waals surface area contributed by atoms with E-state index in [1.165, 1.54) is 19.1 Å². The van der Waals surface area contributed by atoms with Crippen LogP contribution in [0.5, 0.6) is 5.75 Å². The summed E-state index contributed by atoms with van der Waals surface area (Å²) >= 11 is 5.85. The van der Waals surface area contributed by atoms with E-state index in [0.29, 0.717) is 12.4 Å². The van der Waals surface area contributed by atoms with Gasteiger partial charge in [0.15, 0.2) is 6.10 Å². The topological polar surface area (TPSA) is 64.6 Å². The van der Waals surface area contributed by atoms with E-state index in [0.717, 1.165) is 17.7 Å². The summed E-state index contributed by atoms with van der Waals surface area (Å²) in [7, 11) is 0. The van der Waals surface area contributed by atoms with Crippen molar-refractivity contribution in [1.82, 2.24) is 0 Å². The summed E-state index contributed by atoms with van der Waals surface area (Å²) in [5, 5.41) is 2.53. The fraction of sp³-hybridized carbons (Fsp3) is 0.143. The van der Waals surface area contributed by atoms with Gasteiger partial charge in [-0.25, -0.2) is 9.18 Å². The number of hydrogen-bond acceptors (Lipinski definition) is 4. The van der Waals surface area contributed by atoms with Gasteiger partial charge in [-0.1, -0.05) is 36.4 Å². The van der Waals surface area contributed by atoms with E-state index < -0.39 is 23.8 Å². The first kappa shape index (κ1) is 21.2. The first-order chi connectivity index (χ1) is 13.4. The Morgan fingerprint density at radius 3 is 2.61 bits per heavy atom. The Hall–Kier alpha value is -3.12. The van der Waals surface area contributed by atoms with Gasteiger partial charge in [0.2, 0.25) is 0 Å². The fourth-order valence-corrected chi connectivity index (χ4v) is 2.30. The molecule has 0 heterocycles. The number of nitrogens with one attached hydrogen (secondary N) is 1. The molecule has 0 fully saturated rings. The van der Waals surface area contributed by atoms with Crippen molar-refractivity contribution in [1.29, 1.82) is 0 Å². The highest BCUT2D eigenvalue weighted by molar-refractivity contribution is 6.33. The maximum atomic E-state index is 13.0. The van der Waals surface area contributed by atoms with Crippen LogP contribution >= 0.6 is 11.6 Å². The molecule has 0 aliphatic rings. The average Bonchev–Trinajstić information content (AvgIpc) is 2.67. The summed E-state index contributed by atoms with van der Waals surface area (Å²) < 4.78 is 23.5. The van der Waals surface area contributed by atoms with Gasteiger partial charge in [-0.05, 0) is 48.9 Å². The number of ether oxygens (including phenoxy) is 2. The minimum absolute atomic E-state index is 0.0484. The third kappa shape index (κ3) is 6.55.